The Balaban J connectivity index is 2.47. The maximum Gasteiger partial charge on any atom is 0.335 e. The van der Waals surface area contributed by atoms with Gasteiger partial charge in [0.25, 0.3) is 0 Å². The van der Waals surface area contributed by atoms with Gasteiger partial charge in [0.2, 0.25) is 0 Å². The van der Waals surface area contributed by atoms with E-state index < -0.39 is 5.97 Å². The second-order valence-corrected chi connectivity index (χ2v) is 3.71. The van der Waals surface area contributed by atoms with Crippen molar-refractivity contribution in [1.29, 1.82) is 0 Å². The van der Waals surface area contributed by atoms with E-state index in [2.05, 4.69) is 4.98 Å². The lowest BCUT2D eigenvalue weighted by molar-refractivity contribution is 0.0696. The number of hydrogen-bond acceptors (Lipinski definition) is 2. The molecule has 3 nitrogen and oxygen atoms in total. The molecular weight excluding hydrogens is 186 g/mol. The monoisotopic (exact) mass is 195 g/mol. The number of rotatable bonds is 2. The number of nitrogens with one attached hydrogen (secondary N) is 1. The van der Waals surface area contributed by atoms with Gasteiger partial charge in [0.05, 0.1) is 5.56 Å². The minimum atomic E-state index is -0.915. The predicted octanol–water partition coefficient (Wildman–Crippen LogP) is 2.32. The van der Waals surface area contributed by atoms with E-state index >= 15 is 0 Å². The fourth-order valence-electron chi connectivity index (χ4n) is 1.30. The minimum absolute atomic E-state index is 0.283. The largest absolute Gasteiger partial charge is 0.478 e. The molecule has 68 valence electrons. The summed E-state index contributed by atoms with van der Waals surface area (Å²) >= 11 is 4.93. The Morgan fingerprint density at radius 3 is 2.77 bits per heavy atom. The fraction of sp³-hybridized carbons (Fsp3) is 0.333. The summed E-state index contributed by atoms with van der Waals surface area (Å²) in [4.78, 5) is 13.7. The molecule has 0 radical (unpaired) electrons. The maximum absolute atomic E-state index is 10.7. The molecule has 0 spiro atoms. The van der Waals surface area contributed by atoms with Crippen molar-refractivity contribution in [3.05, 3.63) is 28.0 Å². The molecule has 0 unspecified atom stereocenters. The molecule has 0 atom stereocenters. The molecule has 1 aliphatic rings. The van der Waals surface area contributed by atoms with Crippen LogP contribution in [-0.2, 0) is 0 Å². The number of carboxylic acid groups (broad SMARTS) is 1. The van der Waals surface area contributed by atoms with Crippen LogP contribution < -0.4 is 0 Å². The van der Waals surface area contributed by atoms with E-state index in [1.165, 1.54) is 6.07 Å². The molecule has 13 heavy (non-hydrogen) atoms. The Labute approximate surface area is 80.4 Å². The van der Waals surface area contributed by atoms with Crippen LogP contribution in [0.3, 0.4) is 0 Å². The van der Waals surface area contributed by atoms with Crippen LogP contribution in [0, 0.1) is 4.64 Å². The van der Waals surface area contributed by atoms with E-state index in [0.29, 0.717) is 10.6 Å². The number of carbonyl (C=O) groups is 1. The van der Waals surface area contributed by atoms with Crippen molar-refractivity contribution in [3.63, 3.8) is 0 Å². The van der Waals surface area contributed by atoms with Gasteiger partial charge < -0.3 is 10.1 Å². The smallest absolute Gasteiger partial charge is 0.335 e. The molecular formula is C9H9NO2S. The first-order valence-electron chi connectivity index (χ1n) is 4.14. The van der Waals surface area contributed by atoms with Crippen molar-refractivity contribution in [2.24, 2.45) is 0 Å². The molecule has 0 aliphatic heterocycles. The van der Waals surface area contributed by atoms with Crippen LogP contribution in [0.4, 0.5) is 0 Å². The third-order valence-corrected chi connectivity index (χ3v) is 2.35. The highest BCUT2D eigenvalue weighted by Crippen LogP contribution is 2.39. The highest BCUT2D eigenvalue weighted by atomic mass is 32.1. The first-order valence-corrected chi connectivity index (χ1v) is 4.55. The van der Waals surface area contributed by atoms with Crippen molar-refractivity contribution >= 4 is 18.2 Å². The molecule has 1 aromatic rings. The summed E-state index contributed by atoms with van der Waals surface area (Å²) in [6.45, 7) is 0. The van der Waals surface area contributed by atoms with E-state index in [4.69, 9.17) is 17.3 Å². The molecule has 1 aliphatic carbocycles. The Morgan fingerprint density at radius 1 is 1.54 bits per heavy atom. The van der Waals surface area contributed by atoms with Crippen LogP contribution in [0.15, 0.2) is 12.1 Å². The van der Waals surface area contributed by atoms with Gasteiger partial charge >= 0.3 is 5.97 Å². The molecule has 0 bridgehead atoms. The Bertz CT molecular complexity index is 406. The summed E-state index contributed by atoms with van der Waals surface area (Å²) in [5, 5.41) is 8.78. The summed E-state index contributed by atoms with van der Waals surface area (Å²) in [5.41, 5.74) is 1.25. The van der Waals surface area contributed by atoms with E-state index in [9.17, 15) is 4.79 Å². The van der Waals surface area contributed by atoms with Crippen molar-refractivity contribution in [2.75, 3.05) is 0 Å². The van der Waals surface area contributed by atoms with Gasteiger partial charge in [-0.1, -0.05) is 12.2 Å². The Kier molecular flexibility index (Phi) is 1.92. The first kappa shape index (κ1) is 8.44. The van der Waals surface area contributed by atoms with Crippen molar-refractivity contribution in [2.45, 2.75) is 18.8 Å². The lowest BCUT2D eigenvalue weighted by Crippen LogP contribution is -1.99. The van der Waals surface area contributed by atoms with Gasteiger partial charge in [0, 0.05) is 5.69 Å². The lowest BCUT2D eigenvalue weighted by Gasteiger charge is -2.00. The van der Waals surface area contributed by atoms with Gasteiger partial charge in [0.1, 0.15) is 4.64 Å². The molecule has 0 saturated heterocycles. The van der Waals surface area contributed by atoms with Gasteiger partial charge in [0.15, 0.2) is 0 Å². The van der Waals surface area contributed by atoms with Crippen molar-refractivity contribution < 1.29 is 9.90 Å². The number of hydrogen-bond donors (Lipinski definition) is 2. The molecule has 2 rings (SSSR count). The number of pyridine rings is 1. The molecule has 1 aromatic heterocycles. The van der Waals surface area contributed by atoms with E-state index in [1.54, 1.807) is 6.07 Å². The van der Waals surface area contributed by atoms with Crippen LogP contribution in [0.1, 0.15) is 34.8 Å². The van der Waals surface area contributed by atoms with Gasteiger partial charge in [-0.05, 0) is 30.9 Å². The first-order chi connectivity index (χ1) is 6.16. The normalized spacial score (nSPS) is 15.7. The average molecular weight is 195 g/mol. The Morgan fingerprint density at radius 2 is 2.23 bits per heavy atom. The molecule has 2 N–H and O–H groups in total. The number of aromatic amines is 1. The predicted molar refractivity (Wildman–Crippen MR) is 50.6 cm³/mol. The molecule has 1 saturated carbocycles. The quantitative estimate of drug-likeness (QED) is 0.712. The van der Waals surface area contributed by atoms with Crippen LogP contribution in [-0.4, -0.2) is 16.1 Å². The van der Waals surface area contributed by atoms with Gasteiger partial charge in [-0.2, -0.15) is 0 Å². The number of aromatic carboxylic acids is 1. The molecule has 4 heteroatoms. The zero-order valence-electron chi connectivity index (χ0n) is 6.91. The van der Waals surface area contributed by atoms with Crippen LogP contribution >= 0.6 is 12.2 Å². The molecule has 1 heterocycles. The van der Waals surface area contributed by atoms with E-state index in [0.717, 1.165) is 18.5 Å². The SMILES string of the molecule is O=C(O)c1cc(C2CC2)[nH]c(=S)c1. The van der Waals surface area contributed by atoms with E-state index in [-0.39, 0.29) is 5.56 Å². The summed E-state index contributed by atoms with van der Waals surface area (Å²) in [7, 11) is 0. The summed E-state index contributed by atoms with van der Waals surface area (Å²) in [6.07, 6.45) is 2.27. The Hall–Kier alpha value is -1.16. The highest BCUT2D eigenvalue weighted by molar-refractivity contribution is 7.71. The molecule has 1 fully saturated rings. The number of H-pyrrole nitrogens is 1. The summed E-state index contributed by atoms with van der Waals surface area (Å²) in [6, 6.07) is 3.15. The second-order valence-electron chi connectivity index (χ2n) is 3.27. The zero-order valence-corrected chi connectivity index (χ0v) is 7.73. The maximum atomic E-state index is 10.7. The topological polar surface area (TPSA) is 53.1 Å². The number of aromatic nitrogens is 1. The highest BCUT2D eigenvalue weighted by Gasteiger charge is 2.24. The van der Waals surface area contributed by atoms with Crippen LogP contribution in [0.5, 0.6) is 0 Å². The third-order valence-electron chi connectivity index (χ3n) is 2.13. The fourth-order valence-corrected chi connectivity index (χ4v) is 1.55. The molecule has 0 aromatic carbocycles. The van der Waals surface area contributed by atoms with Crippen LogP contribution in [0.2, 0.25) is 0 Å². The van der Waals surface area contributed by atoms with Crippen molar-refractivity contribution in [3.8, 4) is 0 Å². The third kappa shape index (κ3) is 1.78. The summed E-state index contributed by atoms with van der Waals surface area (Å²) < 4.78 is 0.502. The summed E-state index contributed by atoms with van der Waals surface area (Å²) in [5.74, 6) is -0.414. The number of carboxylic acids is 1. The van der Waals surface area contributed by atoms with Gasteiger partial charge in [-0.15, -0.1) is 0 Å². The average Bonchev–Trinajstić information content (AvgIpc) is 2.85. The molecule has 0 amide bonds. The van der Waals surface area contributed by atoms with E-state index in [1.807, 2.05) is 0 Å². The van der Waals surface area contributed by atoms with Gasteiger partial charge in [-0.25, -0.2) is 4.79 Å². The second kappa shape index (κ2) is 2.96. The van der Waals surface area contributed by atoms with Crippen LogP contribution in [0.25, 0.3) is 0 Å². The van der Waals surface area contributed by atoms with Gasteiger partial charge in [-0.3, -0.25) is 0 Å². The zero-order chi connectivity index (χ0) is 9.42. The lowest BCUT2D eigenvalue weighted by atomic mass is 10.2. The minimum Gasteiger partial charge on any atom is -0.478 e. The standard InChI is InChI=1S/C9H9NO2S/c11-9(12)6-3-7(5-1-2-5)10-8(13)4-6/h3-5H,1-2H2,(H,10,13)(H,11,12). The van der Waals surface area contributed by atoms with Crippen molar-refractivity contribution in [1.82, 2.24) is 4.98 Å².